The summed E-state index contributed by atoms with van der Waals surface area (Å²) in [6.07, 6.45) is 10.2. The van der Waals surface area contributed by atoms with Crippen molar-refractivity contribution in [3.63, 3.8) is 0 Å². The van der Waals surface area contributed by atoms with Gasteiger partial charge in [0.1, 0.15) is 5.76 Å². The summed E-state index contributed by atoms with van der Waals surface area (Å²) in [6, 6.07) is 3.06. The first-order valence-corrected chi connectivity index (χ1v) is 8.38. The SMILES string of the molecule is CCCNCc1coc(CN2CCC3CCCCC32)c1. The van der Waals surface area contributed by atoms with Crippen molar-refractivity contribution < 1.29 is 4.42 Å². The second-order valence-corrected chi connectivity index (χ2v) is 6.47. The molecule has 112 valence electrons. The van der Waals surface area contributed by atoms with E-state index in [0.29, 0.717) is 0 Å². The standard InChI is InChI=1S/C17H28N2O/c1-2-8-18-11-14-10-16(20-13-14)12-19-9-7-15-5-3-4-6-17(15)19/h10,13,15,17-18H,2-9,11-12H2,1H3. The van der Waals surface area contributed by atoms with Gasteiger partial charge in [-0.05, 0) is 50.8 Å². The minimum Gasteiger partial charge on any atom is -0.468 e. The Labute approximate surface area is 122 Å². The third kappa shape index (κ3) is 3.26. The molecule has 1 aromatic rings. The molecule has 0 radical (unpaired) electrons. The van der Waals surface area contributed by atoms with Gasteiger partial charge in [0.2, 0.25) is 0 Å². The van der Waals surface area contributed by atoms with E-state index in [4.69, 9.17) is 4.42 Å². The summed E-state index contributed by atoms with van der Waals surface area (Å²) in [5.74, 6) is 2.11. The van der Waals surface area contributed by atoms with Gasteiger partial charge in [-0.25, -0.2) is 0 Å². The van der Waals surface area contributed by atoms with E-state index in [0.717, 1.165) is 37.4 Å². The molecule has 1 saturated carbocycles. The Balaban J connectivity index is 1.52. The van der Waals surface area contributed by atoms with Crippen molar-refractivity contribution in [1.82, 2.24) is 10.2 Å². The van der Waals surface area contributed by atoms with Crippen LogP contribution in [0.25, 0.3) is 0 Å². The smallest absolute Gasteiger partial charge is 0.118 e. The van der Waals surface area contributed by atoms with E-state index in [1.165, 1.54) is 50.6 Å². The molecule has 1 saturated heterocycles. The molecule has 1 aromatic heterocycles. The summed E-state index contributed by atoms with van der Waals surface area (Å²) in [4.78, 5) is 2.66. The van der Waals surface area contributed by atoms with Gasteiger partial charge in [-0.3, -0.25) is 4.90 Å². The molecule has 1 aliphatic carbocycles. The number of rotatable bonds is 6. The minimum absolute atomic E-state index is 0.829. The first kappa shape index (κ1) is 14.2. The maximum Gasteiger partial charge on any atom is 0.118 e. The second kappa shape index (κ2) is 6.77. The highest BCUT2D eigenvalue weighted by molar-refractivity contribution is 5.13. The van der Waals surface area contributed by atoms with Gasteiger partial charge in [0, 0.05) is 18.2 Å². The number of likely N-dealkylation sites (tertiary alicyclic amines) is 1. The molecule has 2 fully saturated rings. The number of furan rings is 1. The van der Waals surface area contributed by atoms with E-state index in [9.17, 15) is 0 Å². The van der Waals surface area contributed by atoms with E-state index >= 15 is 0 Å². The summed E-state index contributed by atoms with van der Waals surface area (Å²) in [5, 5.41) is 3.43. The van der Waals surface area contributed by atoms with E-state index in [1.807, 2.05) is 6.26 Å². The fraction of sp³-hybridized carbons (Fsp3) is 0.765. The van der Waals surface area contributed by atoms with Crippen LogP contribution >= 0.6 is 0 Å². The maximum absolute atomic E-state index is 5.76. The van der Waals surface area contributed by atoms with E-state index in [-0.39, 0.29) is 0 Å². The van der Waals surface area contributed by atoms with Crippen molar-refractivity contribution in [2.75, 3.05) is 13.1 Å². The van der Waals surface area contributed by atoms with Crippen molar-refractivity contribution in [1.29, 1.82) is 0 Å². The van der Waals surface area contributed by atoms with Gasteiger partial charge in [-0.15, -0.1) is 0 Å². The number of hydrogen-bond donors (Lipinski definition) is 1. The first-order valence-electron chi connectivity index (χ1n) is 8.38. The van der Waals surface area contributed by atoms with Gasteiger partial charge < -0.3 is 9.73 Å². The fourth-order valence-corrected chi connectivity index (χ4v) is 3.91. The first-order chi connectivity index (χ1) is 9.86. The minimum atomic E-state index is 0.829. The van der Waals surface area contributed by atoms with Gasteiger partial charge in [-0.2, -0.15) is 0 Å². The molecular formula is C17H28N2O. The zero-order valence-corrected chi connectivity index (χ0v) is 12.7. The Kier molecular flexibility index (Phi) is 4.79. The number of nitrogens with zero attached hydrogens (tertiary/aromatic N) is 1. The molecule has 3 nitrogen and oxygen atoms in total. The quantitative estimate of drug-likeness (QED) is 0.806. The van der Waals surface area contributed by atoms with Gasteiger partial charge in [-0.1, -0.05) is 19.8 Å². The average molecular weight is 276 g/mol. The third-order valence-electron chi connectivity index (χ3n) is 4.95. The molecule has 2 unspecified atom stereocenters. The van der Waals surface area contributed by atoms with Crippen LogP contribution in [0.15, 0.2) is 16.7 Å². The largest absolute Gasteiger partial charge is 0.468 e. The Morgan fingerprint density at radius 1 is 1.30 bits per heavy atom. The van der Waals surface area contributed by atoms with Crippen LogP contribution in [0.5, 0.6) is 0 Å². The van der Waals surface area contributed by atoms with Crippen LogP contribution < -0.4 is 5.32 Å². The maximum atomic E-state index is 5.76. The lowest BCUT2D eigenvalue weighted by atomic mass is 9.85. The highest BCUT2D eigenvalue weighted by atomic mass is 16.3. The molecule has 0 spiro atoms. The molecule has 20 heavy (non-hydrogen) atoms. The lowest BCUT2D eigenvalue weighted by Crippen LogP contribution is -2.34. The van der Waals surface area contributed by atoms with Crippen LogP contribution in [-0.4, -0.2) is 24.0 Å². The number of hydrogen-bond acceptors (Lipinski definition) is 3. The molecule has 3 rings (SSSR count). The van der Waals surface area contributed by atoms with Crippen LogP contribution in [0.1, 0.15) is 56.8 Å². The molecule has 0 aromatic carbocycles. The zero-order valence-electron chi connectivity index (χ0n) is 12.7. The highest BCUT2D eigenvalue weighted by Crippen LogP contribution is 2.36. The van der Waals surface area contributed by atoms with Crippen molar-refractivity contribution in [2.24, 2.45) is 5.92 Å². The summed E-state index contributed by atoms with van der Waals surface area (Å²) in [5.41, 5.74) is 1.29. The van der Waals surface area contributed by atoms with Crippen molar-refractivity contribution in [3.8, 4) is 0 Å². The molecule has 2 atom stereocenters. The molecule has 2 aliphatic rings. The second-order valence-electron chi connectivity index (χ2n) is 6.47. The summed E-state index contributed by atoms with van der Waals surface area (Å²) >= 11 is 0. The van der Waals surface area contributed by atoms with E-state index < -0.39 is 0 Å². The van der Waals surface area contributed by atoms with Crippen LogP contribution in [0.3, 0.4) is 0 Å². The van der Waals surface area contributed by atoms with Crippen LogP contribution in [0.4, 0.5) is 0 Å². The van der Waals surface area contributed by atoms with Crippen LogP contribution in [0, 0.1) is 5.92 Å². The van der Waals surface area contributed by atoms with E-state index in [1.54, 1.807) is 0 Å². The lowest BCUT2D eigenvalue weighted by molar-refractivity contribution is 0.165. The Bertz CT molecular complexity index is 415. The summed E-state index contributed by atoms with van der Waals surface area (Å²) < 4.78 is 5.76. The van der Waals surface area contributed by atoms with Crippen LogP contribution in [0.2, 0.25) is 0 Å². The highest BCUT2D eigenvalue weighted by Gasteiger charge is 2.35. The van der Waals surface area contributed by atoms with Crippen LogP contribution in [-0.2, 0) is 13.1 Å². The Hall–Kier alpha value is -0.800. The number of nitrogens with one attached hydrogen (secondary N) is 1. The third-order valence-corrected chi connectivity index (χ3v) is 4.95. The predicted octanol–water partition coefficient (Wildman–Crippen LogP) is 3.54. The zero-order chi connectivity index (χ0) is 13.8. The van der Waals surface area contributed by atoms with Gasteiger partial charge in [0.15, 0.2) is 0 Å². The summed E-state index contributed by atoms with van der Waals surface area (Å²) in [7, 11) is 0. The molecule has 0 amide bonds. The monoisotopic (exact) mass is 276 g/mol. The molecule has 0 bridgehead atoms. The van der Waals surface area contributed by atoms with Crippen molar-refractivity contribution in [2.45, 2.75) is 64.6 Å². The normalized spacial score (nSPS) is 26.9. The molecule has 1 aliphatic heterocycles. The average Bonchev–Trinajstić information content (AvgIpc) is 3.08. The van der Waals surface area contributed by atoms with Crippen molar-refractivity contribution >= 4 is 0 Å². The Morgan fingerprint density at radius 2 is 2.20 bits per heavy atom. The molecule has 2 heterocycles. The number of fused-ring (bicyclic) bond motifs is 1. The van der Waals surface area contributed by atoms with E-state index in [2.05, 4.69) is 23.2 Å². The fourth-order valence-electron chi connectivity index (χ4n) is 3.91. The summed E-state index contributed by atoms with van der Waals surface area (Å²) in [6.45, 7) is 6.48. The molecule has 1 N–H and O–H groups in total. The molecule has 3 heteroatoms. The Morgan fingerprint density at radius 3 is 3.10 bits per heavy atom. The van der Waals surface area contributed by atoms with Gasteiger partial charge in [0.25, 0.3) is 0 Å². The molecular weight excluding hydrogens is 248 g/mol. The lowest BCUT2D eigenvalue weighted by Gasteiger charge is -2.31. The van der Waals surface area contributed by atoms with Gasteiger partial charge >= 0.3 is 0 Å². The van der Waals surface area contributed by atoms with Crippen molar-refractivity contribution in [3.05, 3.63) is 23.7 Å². The van der Waals surface area contributed by atoms with Gasteiger partial charge in [0.05, 0.1) is 12.8 Å². The topological polar surface area (TPSA) is 28.4 Å². The predicted molar refractivity (Wildman–Crippen MR) is 81.5 cm³/mol.